The molecule has 0 radical (unpaired) electrons. The van der Waals surface area contributed by atoms with Crippen LogP contribution in [0.15, 0.2) is 54.6 Å². The van der Waals surface area contributed by atoms with Gasteiger partial charge in [-0.1, -0.05) is 30.3 Å². The van der Waals surface area contributed by atoms with Gasteiger partial charge in [0.1, 0.15) is 11.5 Å². The van der Waals surface area contributed by atoms with Crippen LogP contribution in [0.1, 0.15) is 18.4 Å². The molecule has 0 bridgehead atoms. The lowest BCUT2D eigenvalue weighted by atomic mass is 10.1. The summed E-state index contributed by atoms with van der Waals surface area (Å²) in [6.45, 7) is 2.67. The molecule has 1 saturated heterocycles. The number of para-hydroxylation sites is 1. The van der Waals surface area contributed by atoms with E-state index in [1.165, 1.54) is 11.8 Å². The average molecular weight is 360 g/mol. The second kappa shape index (κ2) is 7.99. The highest BCUT2D eigenvalue weighted by Crippen LogP contribution is 2.22. The molecular weight excluding hydrogens is 336 g/mol. The van der Waals surface area contributed by atoms with E-state index in [2.05, 4.69) is 21.8 Å². The zero-order valence-corrected chi connectivity index (χ0v) is 15.2. The number of likely N-dealkylation sites (tertiary alicyclic amines) is 1. The van der Waals surface area contributed by atoms with Crippen molar-refractivity contribution < 1.29 is 13.2 Å². The summed E-state index contributed by atoms with van der Waals surface area (Å²) in [6.07, 6.45) is 2.92. The standard InChI is InChI=1S/C19H24N2O3S/c1-25(22,23)20-17-11-13-21(14-12-17)15-16-7-9-19(10-8-16)24-18-5-3-2-4-6-18/h2-10,17,20H,11-15H2,1H3. The lowest BCUT2D eigenvalue weighted by molar-refractivity contribution is 0.200. The van der Waals surface area contributed by atoms with E-state index in [1.807, 2.05) is 42.5 Å². The number of hydrogen-bond donors (Lipinski definition) is 1. The normalized spacial score (nSPS) is 16.7. The Kier molecular flexibility index (Phi) is 5.73. The first-order valence-corrected chi connectivity index (χ1v) is 10.4. The first-order chi connectivity index (χ1) is 12.0. The fourth-order valence-electron chi connectivity index (χ4n) is 3.06. The Morgan fingerprint density at radius 2 is 1.60 bits per heavy atom. The van der Waals surface area contributed by atoms with E-state index in [-0.39, 0.29) is 6.04 Å². The van der Waals surface area contributed by atoms with Crippen molar-refractivity contribution in [3.63, 3.8) is 0 Å². The predicted molar refractivity (Wildman–Crippen MR) is 99.2 cm³/mol. The van der Waals surface area contributed by atoms with Gasteiger partial charge in [0.25, 0.3) is 0 Å². The number of nitrogens with one attached hydrogen (secondary N) is 1. The van der Waals surface area contributed by atoms with E-state index in [0.717, 1.165) is 44.0 Å². The van der Waals surface area contributed by atoms with Crippen LogP contribution in [0.25, 0.3) is 0 Å². The van der Waals surface area contributed by atoms with Crippen LogP contribution >= 0.6 is 0 Å². The Morgan fingerprint density at radius 1 is 1.00 bits per heavy atom. The van der Waals surface area contributed by atoms with Crippen LogP contribution < -0.4 is 9.46 Å². The van der Waals surface area contributed by atoms with Gasteiger partial charge in [-0.25, -0.2) is 13.1 Å². The quantitative estimate of drug-likeness (QED) is 0.860. The monoisotopic (exact) mass is 360 g/mol. The molecule has 0 spiro atoms. The largest absolute Gasteiger partial charge is 0.457 e. The van der Waals surface area contributed by atoms with Crippen molar-refractivity contribution in [1.82, 2.24) is 9.62 Å². The Bertz CT molecular complexity index is 768. The molecule has 25 heavy (non-hydrogen) atoms. The Morgan fingerprint density at radius 3 is 2.20 bits per heavy atom. The van der Waals surface area contributed by atoms with Gasteiger partial charge in [-0.05, 0) is 42.7 Å². The summed E-state index contributed by atoms with van der Waals surface area (Å²) in [5.41, 5.74) is 1.23. The molecule has 0 amide bonds. The summed E-state index contributed by atoms with van der Waals surface area (Å²) >= 11 is 0. The third kappa shape index (κ3) is 5.85. The van der Waals surface area contributed by atoms with Gasteiger partial charge in [0.15, 0.2) is 0 Å². The molecule has 1 aliphatic heterocycles. The summed E-state index contributed by atoms with van der Waals surface area (Å²) in [4.78, 5) is 2.35. The molecule has 5 nitrogen and oxygen atoms in total. The number of nitrogens with zero attached hydrogens (tertiary/aromatic N) is 1. The SMILES string of the molecule is CS(=O)(=O)NC1CCN(Cc2ccc(Oc3ccccc3)cc2)CC1. The first-order valence-electron chi connectivity index (χ1n) is 8.49. The van der Waals surface area contributed by atoms with Crippen molar-refractivity contribution in [2.45, 2.75) is 25.4 Å². The average Bonchev–Trinajstić information content (AvgIpc) is 2.58. The predicted octanol–water partition coefficient (Wildman–Crippen LogP) is 2.99. The van der Waals surface area contributed by atoms with Crippen molar-refractivity contribution in [1.29, 1.82) is 0 Å². The van der Waals surface area contributed by atoms with Crippen LogP contribution in [0.3, 0.4) is 0 Å². The minimum atomic E-state index is -3.11. The smallest absolute Gasteiger partial charge is 0.208 e. The van der Waals surface area contributed by atoms with Crippen molar-refractivity contribution in [2.75, 3.05) is 19.3 Å². The molecule has 1 aliphatic rings. The maximum absolute atomic E-state index is 11.3. The van der Waals surface area contributed by atoms with E-state index in [4.69, 9.17) is 4.74 Å². The number of sulfonamides is 1. The fourth-order valence-corrected chi connectivity index (χ4v) is 3.90. The molecule has 1 fully saturated rings. The molecule has 0 atom stereocenters. The highest BCUT2D eigenvalue weighted by Gasteiger charge is 2.21. The van der Waals surface area contributed by atoms with Gasteiger partial charge in [-0.15, -0.1) is 0 Å². The molecule has 1 N–H and O–H groups in total. The van der Waals surface area contributed by atoms with Gasteiger partial charge in [0.05, 0.1) is 6.26 Å². The van der Waals surface area contributed by atoms with Gasteiger partial charge in [0, 0.05) is 25.7 Å². The highest BCUT2D eigenvalue weighted by atomic mass is 32.2. The zero-order valence-electron chi connectivity index (χ0n) is 14.4. The second-order valence-electron chi connectivity index (χ2n) is 6.50. The van der Waals surface area contributed by atoms with Crippen LogP contribution in [-0.4, -0.2) is 38.7 Å². The lowest BCUT2D eigenvalue weighted by Crippen LogP contribution is -2.43. The fraction of sp³-hybridized carbons (Fsp3) is 0.368. The number of hydrogen-bond acceptors (Lipinski definition) is 4. The molecule has 0 aromatic heterocycles. The molecule has 134 valence electrons. The van der Waals surface area contributed by atoms with Gasteiger partial charge in [0.2, 0.25) is 10.0 Å². The Hall–Kier alpha value is -1.89. The van der Waals surface area contributed by atoms with Crippen molar-refractivity contribution in [3.05, 3.63) is 60.2 Å². The molecule has 6 heteroatoms. The number of rotatable bonds is 6. The van der Waals surface area contributed by atoms with Crippen molar-refractivity contribution in [3.8, 4) is 11.5 Å². The molecule has 0 saturated carbocycles. The van der Waals surface area contributed by atoms with E-state index >= 15 is 0 Å². The van der Waals surface area contributed by atoms with Gasteiger partial charge < -0.3 is 4.74 Å². The van der Waals surface area contributed by atoms with Gasteiger partial charge in [-0.3, -0.25) is 4.90 Å². The van der Waals surface area contributed by atoms with Gasteiger partial charge in [-0.2, -0.15) is 0 Å². The molecule has 3 rings (SSSR count). The molecular formula is C19H24N2O3S. The van der Waals surface area contributed by atoms with Crippen LogP contribution in [0.5, 0.6) is 11.5 Å². The third-order valence-corrected chi connectivity index (χ3v) is 5.04. The Balaban J connectivity index is 1.49. The van der Waals surface area contributed by atoms with Gasteiger partial charge >= 0.3 is 0 Å². The topological polar surface area (TPSA) is 58.6 Å². The second-order valence-corrected chi connectivity index (χ2v) is 8.28. The summed E-state index contributed by atoms with van der Waals surface area (Å²) < 4.78 is 31.1. The van der Waals surface area contributed by atoms with Crippen molar-refractivity contribution in [2.24, 2.45) is 0 Å². The molecule has 2 aromatic carbocycles. The number of ether oxygens (including phenoxy) is 1. The number of benzene rings is 2. The summed E-state index contributed by atoms with van der Waals surface area (Å²) in [6, 6.07) is 17.9. The van der Waals surface area contributed by atoms with Crippen molar-refractivity contribution >= 4 is 10.0 Å². The third-order valence-electron chi connectivity index (χ3n) is 4.28. The molecule has 0 aliphatic carbocycles. The maximum atomic E-state index is 11.3. The van der Waals surface area contributed by atoms with E-state index in [1.54, 1.807) is 0 Å². The first kappa shape index (κ1) is 17.9. The van der Waals surface area contributed by atoms with Crippen LogP contribution in [0.2, 0.25) is 0 Å². The number of piperidine rings is 1. The van der Waals surface area contributed by atoms with Crippen LogP contribution in [0.4, 0.5) is 0 Å². The molecule has 0 unspecified atom stereocenters. The summed E-state index contributed by atoms with van der Waals surface area (Å²) in [5.74, 6) is 1.65. The maximum Gasteiger partial charge on any atom is 0.208 e. The molecule has 1 heterocycles. The van der Waals surface area contributed by atoms with E-state index in [0.29, 0.717) is 0 Å². The summed E-state index contributed by atoms with van der Waals surface area (Å²) in [5, 5.41) is 0. The summed E-state index contributed by atoms with van der Waals surface area (Å²) in [7, 11) is -3.11. The lowest BCUT2D eigenvalue weighted by Gasteiger charge is -2.31. The highest BCUT2D eigenvalue weighted by molar-refractivity contribution is 7.88. The Labute approximate surface area is 149 Å². The molecule has 2 aromatic rings. The van der Waals surface area contributed by atoms with Crippen LogP contribution in [0, 0.1) is 0 Å². The van der Waals surface area contributed by atoms with Crippen LogP contribution in [-0.2, 0) is 16.6 Å². The van der Waals surface area contributed by atoms with E-state index < -0.39 is 10.0 Å². The minimum Gasteiger partial charge on any atom is -0.457 e. The minimum absolute atomic E-state index is 0.0629. The van der Waals surface area contributed by atoms with E-state index in [9.17, 15) is 8.42 Å². The zero-order chi connectivity index (χ0) is 17.7.